The van der Waals surface area contributed by atoms with Crippen LogP contribution in [-0.4, -0.2) is 15.3 Å². The van der Waals surface area contributed by atoms with Gasteiger partial charge in [-0.15, -0.1) is 0 Å². The molecule has 0 saturated heterocycles. The largest absolute Gasteiger partial charge is 0.257 e. The van der Waals surface area contributed by atoms with E-state index in [4.69, 9.17) is 0 Å². The molecule has 0 spiro atoms. The summed E-state index contributed by atoms with van der Waals surface area (Å²) >= 11 is 0. The van der Waals surface area contributed by atoms with E-state index in [9.17, 15) is 0 Å². The summed E-state index contributed by atoms with van der Waals surface area (Å²) in [6, 6.07) is 6.25. The predicted octanol–water partition coefficient (Wildman–Crippen LogP) is 3.79. The van der Waals surface area contributed by atoms with Gasteiger partial charge in [0.05, 0.1) is 5.44 Å². The highest BCUT2D eigenvalue weighted by Crippen LogP contribution is 2.57. The molecule has 2 heteroatoms. The average Bonchev–Trinajstić information content (AvgIpc) is 2.00. The van der Waals surface area contributed by atoms with E-state index in [1.807, 2.05) is 12.3 Å². The minimum atomic E-state index is -0.249. The Kier molecular flexibility index (Phi) is 3.55. The first kappa shape index (κ1) is 12.6. The number of hydrogen-bond acceptors (Lipinski definition) is 1. The number of hydrogen-bond donors (Lipinski definition) is 0. The maximum atomic E-state index is 4.54. The van der Waals surface area contributed by atoms with E-state index in [1.165, 1.54) is 5.44 Å². The van der Waals surface area contributed by atoms with Gasteiger partial charge in [0.2, 0.25) is 0 Å². The Labute approximate surface area is 95.1 Å². The van der Waals surface area contributed by atoms with Crippen molar-refractivity contribution in [1.29, 1.82) is 0 Å². The Balaban J connectivity index is 3.15. The van der Waals surface area contributed by atoms with E-state index < -0.39 is 0 Å². The molecule has 0 aliphatic carbocycles. The van der Waals surface area contributed by atoms with E-state index in [0.29, 0.717) is 10.3 Å². The van der Waals surface area contributed by atoms with Crippen molar-refractivity contribution in [2.24, 2.45) is 0 Å². The van der Waals surface area contributed by atoms with Crippen molar-refractivity contribution in [3.63, 3.8) is 0 Å². The molecule has 15 heavy (non-hydrogen) atoms. The van der Waals surface area contributed by atoms with Gasteiger partial charge in [-0.1, -0.05) is 47.6 Å². The Bertz CT molecular complexity index is 292. The van der Waals surface area contributed by atoms with Crippen molar-refractivity contribution in [3.05, 3.63) is 24.4 Å². The van der Waals surface area contributed by atoms with E-state index >= 15 is 0 Å². The molecule has 0 amide bonds. The smallest absolute Gasteiger partial charge is 0.0641 e. The Hall–Kier alpha value is -0.420. The second kappa shape index (κ2) is 4.22. The van der Waals surface area contributed by atoms with E-state index in [0.717, 1.165) is 0 Å². The molecule has 0 atom stereocenters. The molecule has 1 aromatic heterocycles. The normalized spacial score (nSPS) is 13.3. The zero-order chi connectivity index (χ0) is 11.7. The first-order chi connectivity index (χ1) is 6.73. The molecule has 0 saturated carbocycles. The van der Waals surface area contributed by atoms with E-state index in [-0.39, 0.29) is 7.92 Å². The molecule has 1 heterocycles. The standard InChI is InChI=1S/C13H22NP/c1-12(2,3)15(13(4,5)6)11-9-7-8-10-14-11/h7-10H,1-6H3. The third kappa shape index (κ3) is 3.28. The molecule has 1 nitrogen and oxygen atoms in total. The van der Waals surface area contributed by atoms with Gasteiger partial charge in [-0.25, -0.2) is 0 Å². The summed E-state index contributed by atoms with van der Waals surface area (Å²) in [5.41, 5.74) is 1.27. The lowest BCUT2D eigenvalue weighted by Gasteiger charge is -2.40. The van der Waals surface area contributed by atoms with Gasteiger partial charge >= 0.3 is 0 Å². The third-order valence-electron chi connectivity index (χ3n) is 2.22. The van der Waals surface area contributed by atoms with Gasteiger partial charge < -0.3 is 0 Å². The first-order valence-corrected chi connectivity index (χ1v) is 6.78. The monoisotopic (exact) mass is 223 g/mol. The Morgan fingerprint density at radius 2 is 1.47 bits per heavy atom. The topological polar surface area (TPSA) is 12.9 Å². The second-order valence-corrected chi connectivity index (χ2v) is 9.68. The van der Waals surface area contributed by atoms with Crippen molar-refractivity contribution in [1.82, 2.24) is 4.98 Å². The lowest BCUT2D eigenvalue weighted by molar-refractivity contribution is 0.713. The highest BCUT2D eigenvalue weighted by Gasteiger charge is 2.36. The Morgan fingerprint density at radius 1 is 0.933 bits per heavy atom. The van der Waals surface area contributed by atoms with Crippen LogP contribution in [0.3, 0.4) is 0 Å². The fraction of sp³-hybridized carbons (Fsp3) is 0.615. The SMILES string of the molecule is CC(C)(C)P(c1ccccn1)C(C)(C)C. The lowest BCUT2D eigenvalue weighted by atomic mass is 10.2. The quantitative estimate of drug-likeness (QED) is 0.660. The first-order valence-electron chi connectivity index (χ1n) is 5.44. The summed E-state index contributed by atoms with van der Waals surface area (Å²) in [5, 5.41) is 0.615. The van der Waals surface area contributed by atoms with Gasteiger partial charge in [-0.3, -0.25) is 4.98 Å². The zero-order valence-corrected chi connectivity index (χ0v) is 11.6. The van der Waals surface area contributed by atoms with Gasteiger partial charge in [0.25, 0.3) is 0 Å². The summed E-state index contributed by atoms with van der Waals surface area (Å²) in [6.45, 7) is 13.9. The van der Waals surface area contributed by atoms with Gasteiger partial charge in [0.15, 0.2) is 0 Å². The number of nitrogens with zero attached hydrogens (tertiary/aromatic N) is 1. The molecule has 1 aromatic rings. The minimum Gasteiger partial charge on any atom is -0.257 e. The maximum Gasteiger partial charge on any atom is 0.0641 e. The summed E-state index contributed by atoms with van der Waals surface area (Å²) in [5.74, 6) is 0. The molecular weight excluding hydrogens is 201 g/mol. The molecule has 0 bridgehead atoms. The molecule has 0 N–H and O–H groups in total. The lowest BCUT2D eigenvalue weighted by Crippen LogP contribution is -2.32. The van der Waals surface area contributed by atoms with Gasteiger partial charge in [0, 0.05) is 6.20 Å². The van der Waals surface area contributed by atoms with Crippen LogP contribution in [-0.2, 0) is 0 Å². The maximum absolute atomic E-state index is 4.54. The molecule has 0 aliphatic heterocycles. The molecule has 0 aromatic carbocycles. The van der Waals surface area contributed by atoms with Crippen molar-refractivity contribution < 1.29 is 0 Å². The number of aromatic nitrogens is 1. The molecule has 0 fully saturated rings. The van der Waals surface area contributed by atoms with Crippen molar-refractivity contribution in [2.45, 2.75) is 51.9 Å². The van der Waals surface area contributed by atoms with Crippen molar-refractivity contribution in [2.75, 3.05) is 0 Å². The van der Waals surface area contributed by atoms with Gasteiger partial charge in [0.1, 0.15) is 0 Å². The molecule has 0 radical (unpaired) electrons. The molecular formula is C13H22NP. The van der Waals surface area contributed by atoms with Crippen LogP contribution in [0.15, 0.2) is 24.4 Å². The summed E-state index contributed by atoms with van der Waals surface area (Å²) in [6.07, 6.45) is 1.90. The summed E-state index contributed by atoms with van der Waals surface area (Å²) < 4.78 is 0. The molecule has 84 valence electrons. The van der Waals surface area contributed by atoms with Crippen LogP contribution in [0.4, 0.5) is 0 Å². The van der Waals surface area contributed by atoms with E-state index in [2.05, 4.69) is 58.7 Å². The summed E-state index contributed by atoms with van der Waals surface area (Å²) in [4.78, 5) is 4.54. The van der Waals surface area contributed by atoms with Crippen LogP contribution < -0.4 is 5.44 Å². The molecule has 0 aliphatic rings. The van der Waals surface area contributed by atoms with Crippen molar-refractivity contribution >= 4 is 13.4 Å². The number of rotatable bonds is 1. The van der Waals surface area contributed by atoms with Crippen molar-refractivity contribution in [3.8, 4) is 0 Å². The third-order valence-corrected chi connectivity index (χ3v) is 5.63. The average molecular weight is 223 g/mol. The van der Waals surface area contributed by atoms with E-state index in [1.54, 1.807) is 0 Å². The summed E-state index contributed by atoms with van der Waals surface area (Å²) in [7, 11) is -0.249. The van der Waals surface area contributed by atoms with Gasteiger partial charge in [-0.2, -0.15) is 0 Å². The van der Waals surface area contributed by atoms with Crippen LogP contribution in [0.2, 0.25) is 0 Å². The zero-order valence-electron chi connectivity index (χ0n) is 10.7. The highest BCUT2D eigenvalue weighted by atomic mass is 31.1. The van der Waals surface area contributed by atoms with Crippen LogP contribution in [0.1, 0.15) is 41.5 Å². The fourth-order valence-corrected chi connectivity index (χ4v) is 5.98. The van der Waals surface area contributed by atoms with Crippen LogP contribution in [0.25, 0.3) is 0 Å². The van der Waals surface area contributed by atoms with Crippen LogP contribution >= 0.6 is 7.92 Å². The molecule has 1 rings (SSSR count). The fourth-order valence-electron chi connectivity index (χ4n) is 2.18. The number of pyridine rings is 1. The predicted molar refractivity (Wildman–Crippen MR) is 70.3 cm³/mol. The highest BCUT2D eigenvalue weighted by molar-refractivity contribution is 7.68. The molecule has 0 unspecified atom stereocenters. The second-order valence-electron chi connectivity index (χ2n) is 5.86. The van der Waals surface area contributed by atoms with Crippen LogP contribution in [0.5, 0.6) is 0 Å². The minimum absolute atomic E-state index is 0.249. The Morgan fingerprint density at radius 3 is 1.80 bits per heavy atom. The van der Waals surface area contributed by atoms with Gasteiger partial charge in [-0.05, 0) is 30.4 Å². The van der Waals surface area contributed by atoms with Crippen LogP contribution in [0, 0.1) is 0 Å².